The number of halogens is 4. The lowest BCUT2D eigenvalue weighted by atomic mass is 9.91. The van der Waals surface area contributed by atoms with Gasteiger partial charge in [0.05, 0.1) is 18.6 Å². The number of esters is 1. The molecule has 0 aromatic heterocycles. The normalized spacial score (nSPS) is 12.5. The smallest absolute Gasteiger partial charge is 0.416 e. The Labute approximate surface area is 157 Å². The summed E-state index contributed by atoms with van der Waals surface area (Å²) in [5, 5.41) is 0. The van der Waals surface area contributed by atoms with Crippen LogP contribution in [-0.4, -0.2) is 18.9 Å². The van der Waals surface area contributed by atoms with Gasteiger partial charge in [0.2, 0.25) is 0 Å². The summed E-state index contributed by atoms with van der Waals surface area (Å²) in [6, 6.07) is 11.4. The monoisotopic (exact) mass is 428 g/mol. The van der Waals surface area contributed by atoms with E-state index in [9.17, 15) is 22.8 Å². The standard InChI is InChI=1S/C19H16BrF3O3/c1-26-18(25)14(11-17(24)13-5-7-16(20)8-6-13)9-12-3-2-4-15(10-12)19(21,22)23/h2-8,10,14H,9,11H2,1H3. The highest BCUT2D eigenvalue weighted by atomic mass is 79.9. The summed E-state index contributed by atoms with van der Waals surface area (Å²) in [6.45, 7) is 0. The van der Waals surface area contributed by atoms with Crippen LogP contribution in [0, 0.1) is 5.92 Å². The first-order chi connectivity index (χ1) is 12.2. The van der Waals surface area contributed by atoms with Crippen molar-refractivity contribution in [3.05, 3.63) is 69.7 Å². The second kappa shape index (κ2) is 8.49. The molecule has 26 heavy (non-hydrogen) atoms. The number of rotatable bonds is 6. The van der Waals surface area contributed by atoms with Crippen LogP contribution in [-0.2, 0) is 22.1 Å². The zero-order chi connectivity index (χ0) is 19.3. The fraction of sp³-hybridized carbons (Fsp3) is 0.263. The lowest BCUT2D eigenvalue weighted by molar-refractivity contribution is -0.145. The number of hydrogen-bond donors (Lipinski definition) is 0. The van der Waals surface area contributed by atoms with Gasteiger partial charge in [-0.2, -0.15) is 13.2 Å². The van der Waals surface area contributed by atoms with Crippen LogP contribution in [0.1, 0.15) is 27.9 Å². The quantitative estimate of drug-likeness (QED) is 0.476. The summed E-state index contributed by atoms with van der Waals surface area (Å²) in [6.07, 6.45) is -4.63. The summed E-state index contributed by atoms with van der Waals surface area (Å²) < 4.78 is 44.1. The molecule has 138 valence electrons. The van der Waals surface area contributed by atoms with Crippen molar-refractivity contribution in [2.24, 2.45) is 5.92 Å². The van der Waals surface area contributed by atoms with E-state index < -0.39 is 23.6 Å². The molecule has 1 atom stereocenters. The van der Waals surface area contributed by atoms with Crippen molar-refractivity contribution in [2.45, 2.75) is 19.0 Å². The van der Waals surface area contributed by atoms with Crippen LogP contribution in [0.25, 0.3) is 0 Å². The summed E-state index contributed by atoms with van der Waals surface area (Å²) in [5.41, 5.74) is -0.0529. The number of hydrogen-bond acceptors (Lipinski definition) is 3. The highest BCUT2D eigenvalue weighted by Crippen LogP contribution is 2.30. The van der Waals surface area contributed by atoms with E-state index in [2.05, 4.69) is 15.9 Å². The minimum absolute atomic E-state index is 0.0150. The van der Waals surface area contributed by atoms with E-state index in [4.69, 9.17) is 4.74 Å². The van der Waals surface area contributed by atoms with Crippen molar-refractivity contribution < 1.29 is 27.5 Å². The third kappa shape index (κ3) is 5.42. The topological polar surface area (TPSA) is 43.4 Å². The first-order valence-electron chi connectivity index (χ1n) is 7.73. The van der Waals surface area contributed by atoms with Gasteiger partial charge in [0.15, 0.2) is 5.78 Å². The minimum atomic E-state index is -4.47. The number of ketones is 1. The zero-order valence-electron chi connectivity index (χ0n) is 13.8. The van der Waals surface area contributed by atoms with Crippen molar-refractivity contribution in [3.63, 3.8) is 0 Å². The summed E-state index contributed by atoms with van der Waals surface area (Å²) in [5.74, 6) is -1.77. The molecule has 0 bridgehead atoms. The van der Waals surface area contributed by atoms with Crippen LogP contribution in [0.15, 0.2) is 53.0 Å². The fourth-order valence-electron chi connectivity index (χ4n) is 2.54. The van der Waals surface area contributed by atoms with Crippen LogP contribution < -0.4 is 0 Å². The van der Waals surface area contributed by atoms with E-state index in [-0.39, 0.29) is 18.6 Å². The molecule has 0 aliphatic rings. The predicted molar refractivity (Wildman–Crippen MR) is 93.7 cm³/mol. The number of benzene rings is 2. The Morgan fingerprint density at radius 3 is 2.35 bits per heavy atom. The minimum Gasteiger partial charge on any atom is -0.469 e. The summed E-state index contributed by atoms with van der Waals surface area (Å²) >= 11 is 3.27. The van der Waals surface area contributed by atoms with Crippen LogP contribution in [0.4, 0.5) is 13.2 Å². The molecule has 0 N–H and O–H groups in total. The number of methoxy groups -OCH3 is 1. The maximum atomic E-state index is 12.8. The van der Waals surface area contributed by atoms with Crippen LogP contribution in [0.2, 0.25) is 0 Å². The molecule has 7 heteroatoms. The molecule has 0 aliphatic heterocycles. The molecule has 0 fully saturated rings. The summed E-state index contributed by atoms with van der Waals surface area (Å²) in [7, 11) is 1.19. The van der Waals surface area contributed by atoms with Gasteiger partial charge in [0, 0.05) is 16.5 Å². The van der Waals surface area contributed by atoms with Gasteiger partial charge in [-0.05, 0) is 30.2 Å². The third-order valence-corrected chi connectivity index (χ3v) is 4.40. The molecule has 1 unspecified atom stereocenters. The van der Waals surface area contributed by atoms with Gasteiger partial charge < -0.3 is 4.74 Å². The lowest BCUT2D eigenvalue weighted by Crippen LogP contribution is -2.22. The van der Waals surface area contributed by atoms with Crippen LogP contribution in [0.3, 0.4) is 0 Å². The van der Waals surface area contributed by atoms with Crippen molar-refractivity contribution >= 4 is 27.7 Å². The highest BCUT2D eigenvalue weighted by molar-refractivity contribution is 9.10. The number of ether oxygens (including phenoxy) is 1. The molecule has 3 nitrogen and oxygen atoms in total. The van der Waals surface area contributed by atoms with Crippen molar-refractivity contribution in [1.29, 1.82) is 0 Å². The average Bonchev–Trinajstić information content (AvgIpc) is 2.60. The second-order valence-electron chi connectivity index (χ2n) is 5.76. The highest BCUT2D eigenvalue weighted by Gasteiger charge is 2.31. The van der Waals surface area contributed by atoms with Crippen LogP contribution >= 0.6 is 15.9 Å². The van der Waals surface area contributed by atoms with E-state index >= 15 is 0 Å². The first kappa shape index (κ1) is 20.2. The molecule has 2 aromatic rings. The molecule has 0 saturated heterocycles. The number of alkyl halides is 3. The molecule has 0 aliphatic carbocycles. The molecule has 0 saturated carbocycles. The lowest BCUT2D eigenvalue weighted by Gasteiger charge is -2.15. The molecule has 0 heterocycles. The third-order valence-electron chi connectivity index (χ3n) is 3.87. The van der Waals surface area contributed by atoms with E-state index in [1.165, 1.54) is 19.2 Å². The van der Waals surface area contributed by atoms with Crippen molar-refractivity contribution in [2.75, 3.05) is 7.11 Å². The van der Waals surface area contributed by atoms with E-state index in [1.54, 1.807) is 24.3 Å². The number of Topliss-reactive ketones (excluding diaryl/α,β-unsaturated/α-hetero) is 1. The van der Waals surface area contributed by atoms with Gasteiger partial charge in [-0.25, -0.2) is 0 Å². The van der Waals surface area contributed by atoms with Crippen molar-refractivity contribution in [3.8, 4) is 0 Å². The van der Waals surface area contributed by atoms with Gasteiger partial charge in [-0.1, -0.05) is 46.3 Å². The Morgan fingerprint density at radius 1 is 1.12 bits per heavy atom. The van der Waals surface area contributed by atoms with Gasteiger partial charge in [-0.3, -0.25) is 9.59 Å². The predicted octanol–water partition coefficient (Wildman–Crippen LogP) is 5.07. The van der Waals surface area contributed by atoms with Gasteiger partial charge in [0.1, 0.15) is 0 Å². The fourth-order valence-corrected chi connectivity index (χ4v) is 2.81. The maximum Gasteiger partial charge on any atom is 0.416 e. The molecule has 0 radical (unpaired) electrons. The molecule has 2 rings (SSSR count). The van der Waals surface area contributed by atoms with Crippen LogP contribution in [0.5, 0.6) is 0 Å². The Kier molecular flexibility index (Phi) is 6.58. The molecular formula is C19H16BrF3O3. The van der Waals surface area contributed by atoms with E-state index in [0.29, 0.717) is 11.1 Å². The molecule has 0 amide bonds. The van der Waals surface area contributed by atoms with Gasteiger partial charge in [0.25, 0.3) is 0 Å². The second-order valence-corrected chi connectivity index (χ2v) is 6.67. The largest absolute Gasteiger partial charge is 0.469 e. The van der Waals surface area contributed by atoms with Crippen molar-refractivity contribution in [1.82, 2.24) is 0 Å². The van der Waals surface area contributed by atoms with E-state index in [0.717, 1.165) is 16.6 Å². The Balaban J connectivity index is 2.19. The molecule has 0 spiro atoms. The SMILES string of the molecule is COC(=O)C(CC(=O)c1ccc(Br)cc1)Cc1cccc(C(F)(F)F)c1. The van der Waals surface area contributed by atoms with Gasteiger partial charge >= 0.3 is 12.1 Å². The molecule has 2 aromatic carbocycles. The first-order valence-corrected chi connectivity index (χ1v) is 8.52. The maximum absolute atomic E-state index is 12.8. The Morgan fingerprint density at radius 2 is 1.77 bits per heavy atom. The van der Waals surface area contributed by atoms with E-state index in [1.807, 2.05) is 0 Å². The molecular weight excluding hydrogens is 413 g/mol. The number of carbonyl (C=O) groups excluding carboxylic acids is 2. The Hall–Kier alpha value is -2.15. The van der Waals surface area contributed by atoms with Gasteiger partial charge in [-0.15, -0.1) is 0 Å². The Bertz CT molecular complexity index is 785. The average molecular weight is 429 g/mol. The summed E-state index contributed by atoms with van der Waals surface area (Å²) in [4.78, 5) is 24.4. The number of carbonyl (C=O) groups is 2. The zero-order valence-corrected chi connectivity index (χ0v) is 15.4.